The number of pyridine rings is 1. The van der Waals surface area contributed by atoms with Crippen LogP contribution in [-0.4, -0.2) is 53.5 Å². The number of fused-ring (bicyclic) bond motifs is 1. The van der Waals surface area contributed by atoms with Crippen LogP contribution in [0.4, 0.5) is 5.69 Å². The minimum Gasteiger partial charge on any atom is -0.368 e. The maximum Gasteiger partial charge on any atom is 0.194 e. The van der Waals surface area contributed by atoms with Crippen molar-refractivity contribution in [3.63, 3.8) is 0 Å². The zero-order valence-corrected chi connectivity index (χ0v) is 19.7. The molecule has 4 rings (SSSR count). The molecule has 0 atom stereocenters. The maximum absolute atomic E-state index is 4.65. The second-order valence-corrected chi connectivity index (χ2v) is 7.47. The van der Waals surface area contributed by atoms with Gasteiger partial charge in [0.2, 0.25) is 0 Å². The largest absolute Gasteiger partial charge is 0.368 e. The van der Waals surface area contributed by atoms with Gasteiger partial charge in [-0.1, -0.05) is 18.2 Å². The highest BCUT2D eigenvalue weighted by Gasteiger charge is 2.19. The van der Waals surface area contributed by atoms with Crippen LogP contribution in [0.15, 0.2) is 64.3 Å². The Kier molecular flexibility index (Phi) is 7.17. The number of nitrogens with zero attached hydrogens (tertiary/aromatic N) is 5. The third-order valence-corrected chi connectivity index (χ3v) is 5.27. The highest BCUT2D eigenvalue weighted by molar-refractivity contribution is 14.0. The highest BCUT2D eigenvalue weighted by atomic mass is 127. The van der Waals surface area contributed by atoms with Gasteiger partial charge in [-0.05, 0) is 40.2 Å². The van der Waals surface area contributed by atoms with Crippen molar-refractivity contribution in [2.24, 2.45) is 4.99 Å². The summed E-state index contributed by atoms with van der Waals surface area (Å²) < 4.78 is 3.07. The van der Waals surface area contributed by atoms with E-state index in [0.717, 1.165) is 48.0 Å². The zero-order valence-electron chi connectivity index (χ0n) is 15.8. The fourth-order valence-corrected chi connectivity index (χ4v) is 3.77. The first-order valence-corrected chi connectivity index (χ1v) is 9.91. The number of rotatable bonds is 3. The number of halogens is 2. The van der Waals surface area contributed by atoms with Gasteiger partial charge in [0.1, 0.15) is 5.65 Å². The molecule has 1 aromatic carbocycles. The fourth-order valence-electron chi connectivity index (χ4n) is 3.42. The van der Waals surface area contributed by atoms with Gasteiger partial charge in [0.05, 0.1) is 12.2 Å². The summed E-state index contributed by atoms with van der Waals surface area (Å²) in [4.78, 5) is 13.9. The minimum atomic E-state index is 0. The lowest BCUT2D eigenvalue weighted by Crippen LogP contribution is -2.52. The van der Waals surface area contributed by atoms with Crippen molar-refractivity contribution < 1.29 is 0 Å². The molecule has 1 fully saturated rings. The van der Waals surface area contributed by atoms with E-state index in [9.17, 15) is 0 Å². The molecule has 6 nitrogen and oxygen atoms in total. The first-order chi connectivity index (χ1) is 13.2. The Hall–Kier alpha value is -1.81. The van der Waals surface area contributed by atoms with Crippen molar-refractivity contribution in [1.29, 1.82) is 0 Å². The van der Waals surface area contributed by atoms with E-state index < -0.39 is 0 Å². The molecule has 1 saturated heterocycles. The first-order valence-electron chi connectivity index (χ1n) is 9.11. The van der Waals surface area contributed by atoms with Gasteiger partial charge in [0.25, 0.3) is 0 Å². The number of benzene rings is 1. The predicted octanol–water partition coefficient (Wildman–Crippen LogP) is 3.61. The molecular weight excluding hydrogens is 531 g/mol. The number of hydrogen-bond donors (Lipinski definition) is 1. The van der Waals surface area contributed by atoms with Gasteiger partial charge < -0.3 is 19.5 Å². The summed E-state index contributed by atoms with van der Waals surface area (Å²) in [6.07, 6.45) is 4.07. The molecule has 3 aromatic rings. The van der Waals surface area contributed by atoms with E-state index >= 15 is 0 Å². The third-order valence-electron chi connectivity index (χ3n) is 4.80. The van der Waals surface area contributed by atoms with Crippen LogP contribution in [0.5, 0.6) is 0 Å². The molecular formula is C20H24BrIN6. The van der Waals surface area contributed by atoms with E-state index in [1.165, 1.54) is 5.69 Å². The molecule has 0 saturated carbocycles. The number of aromatic nitrogens is 2. The van der Waals surface area contributed by atoms with Crippen LogP contribution in [0.3, 0.4) is 0 Å². The summed E-state index contributed by atoms with van der Waals surface area (Å²) >= 11 is 3.49. The van der Waals surface area contributed by atoms with Crippen molar-refractivity contribution in [1.82, 2.24) is 19.6 Å². The van der Waals surface area contributed by atoms with E-state index in [-0.39, 0.29) is 24.0 Å². The monoisotopic (exact) mass is 554 g/mol. The van der Waals surface area contributed by atoms with Crippen molar-refractivity contribution >= 4 is 57.2 Å². The van der Waals surface area contributed by atoms with Crippen LogP contribution < -0.4 is 10.2 Å². The number of hydrogen-bond acceptors (Lipinski definition) is 3. The predicted molar refractivity (Wildman–Crippen MR) is 129 cm³/mol. The summed E-state index contributed by atoms with van der Waals surface area (Å²) in [5, 5.41) is 3.46. The van der Waals surface area contributed by atoms with Crippen molar-refractivity contribution in [2.75, 3.05) is 38.1 Å². The molecule has 1 aliphatic heterocycles. The summed E-state index contributed by atoms with van der Waals surface area (Å²) in [6.45, 7) is 4.55. The van der Waals surface area contributed by atoms with Crippen LogP contribution in [0.2, 0.25) is 0 Å². The Morgan fingerprint density at radius 3 is 2.54 bits per heavy atom. The fraction of sp³-hybridized carbons (Fsp3) is 0.300. The van der Waals surface area contributed by atoms with E-state index in [1.54, 1.807) is 0 Å². The molecule has 1 aliphatic rings. The molecule has 0 amide bonds. The average Bonchev–Trinajstić information content (AvgIpc) is 3.11. The molecule has 148 valence electrons. The molecule has 28 heavy (non-hydrogen) atoms. The van der Waals surface area contributed by atoms with E-state index in [0.29, 0.717) is 6.54 Å². The lowest BCUT2D eigenvalue weighted by molar-refractivity contribution is 0.372. The minimum absolute atomic E-state index is 0. The Balaban J connectivity index is 0.00000225. The quantitative estimate of drug-likeness (QED) is 0.305. The van der Waals surface area contributed by atoms with Gasteiger partial charge in [0, 0.05) is 55.8 Å². The summed E-state index contributed by atoms with van der Waals surface area (Å²) in [5.41, 5.74) is 3.23. The lowest BCUT2D eigenvalue weighted by Gasteiger charge is -2.37. The number of nitrogens with one attached hydrogen (secondary N) is 1. The smallest absolute Gasteiger partial charge is 0.194 e. The Labute approximate surface area is 190 Å². The van der Waals surface area contributed by atoms with Gasteiger partial charge >= 0.3 is 0 Å². The number of piperazine rings is 1. The second kappa shape index (κ2) is 9.60. The third kappa shape index (κ3) is 4.78. The highest BCUT2D eigenvalue weighted by Crippen LogP contribution is 2.16. The zero-order chi connectivity index (χ0) is 18.6. The summed E-state index contributed by atoms with van der Waals surface area (Å²) in [6, 6.07) is 14.6. The molecule has 0 unspecified atom stereocenters. The number of para-hydroxylation sites is 1. The standard InChI is InChI=1S/C20H23BrN6.HI/c1-22-20(23-13-17-15-27-14-16(21)7-8-19(27)24-17)26-11-9-25(10-12-26)18-5-3-2-4-6-18;/h2-8,14-15H,9-13H2,1H3,(H,22,23);1H. The van der Waals surface area contributed by atoms with Gasteiger partial charge in [-0.2, -0.15) is 0 Å². The molecule has 0 aliphatic carbocycles. The van der Waals surface area contributed by atoms with Gasteiger partial charge in [0.15, 0.2) is 5.96 Å². The summed E-state index contributed by atoms with van der Waals surface area (Å²) in [7, 11) is 1.84. The summed E-state index contributed by atoms with van der Waals surface area (Å²) in [5.74, 6) is 0.931. The Morgan fingerprint density at radius 1 is 1.07 bits per heavy atom. The lowest BCUT2D eigenvalue weighted by atomic mass is 10.2. The average molecular weight is 555 g/mol. The first kappa shape index (κ1) is 20.9. The molecule has 0 spiro atoms. The molecule has 2 aromatic heterocycles. The van der Waals surface area contributed by atoms with Crippen LogP contribution in [0.1, 0.15) is 5.69 Å². The van der Waals surface area contributed by atoms with Gasteiger partial charge in [-0.15, -0.1) is 24.0 Å². The second-order valence-electron chi connectivity index (χ2n) is 6.56. The van der Waals surface area contributed by atoms with E-state index in [2.05, 4.69) is 71.4 Å². The Morgan fingerprint density at radius 2 is 1.82 bits per heavy atom. The maximum atomic E-state index is 4.65. The Bertz CT molecular complexity index is 934. The van der Waals surface area contributed by atoms with Crippen LogP contribution in [0.25, 0.3) is 5.65 Å². The molecule has 0 bridgehead atoms. The molecule has 8 heteroatoms. The number of aliphatic imine (C=N–C) groups is 1. The van der Waals surface area contributed by atoms with Crippen LogP contribution in [0, 0.1) is 0 Å². The number of guanidine groups is 1. The topological polar surface area (TPSA) is 48.2 Å². The SMILES string of the molecule is CN=C(NCc1cn2cc(Br)ccc2n1)N1CCN(c2ccccc2)CC1.I. The van der Waals surface area contributed by atoms with Crippen LogP contribution >= 0.6 is 39.9 Å². The van der Waals surface area contributed by atoms with Gasteiger partial charge in [-0.25, -0.2) is 4.98 Å². The molecule has 1 N–H and O–H groups in total. The molecule has 3 heterocycles. The number of imidazole rings is 1. The molecule has 0 radical (unpaired) electrons. The van der Waals surface area contributed by atoms with Crippen molar-refractivity contribution in [3.8, 4) is 0 Å². The van der Waals surface area contributed by atoms with E-state index in [1.807, 2.05) is 36.0 Å². The van der Waals surface area contributed by atoms with E-state index in [4.69, 9.17) is 0 Å². The van der Waals surface area contributed by atoms with Crippen molar-refractivity contribution in [2.45, 2.75) is 6.54 Å². The van der Waals surface area contributed by atoms with Crippen LogP contribution in [-0.2, 0) is 6.54 Å². The van der Waals surface area contributed by atoms with Crippen molar-refractivity contribution in [3.05, 3.63) is 65.0 Å². The normalized spacial score (nSPS) is 14.9. The number of anilines is 1. The van der Waals surface area contributed by atoms with Gasteiger partial charge in [-0.3, -0.25) is 4.99 Å².